The van der Waals surface area contributed by atoms with E-state index in [2.05, 4.69) is 4.90 Å². The first-order valence-electron chi connectivity index (χ1n) is 8.22. The summed E-state index contributed by atoms with van der Waals surface area (Å²) in [5.41, 5.74) is 1.06. The summed E-state index contributed by atoms with van der Waals surface area (Å²) in [6.07, 6.45) is 1.61. The van der Waals surface area contributed by atoms with Gasteiger partial charge in [-0.3, -0.25) is 4.90 Å². The van der Waals surface area contributed by atoms with Crippen LogP contribution in [0.5, 0.6) is 0 Å². The molecule has 23 heavy (non-hydrogen) atoms. The van der Waals surface area contributed by atoms with Gasteiger partial charge in [-0.15, -0.1) is 0 Å². The molecule has 0 radical (unpaired) electrons. The van der Waals surface area contributed by atoms with Crippen molar-refractivity contribution in [3.05, 3.63) is 29.8 Å². The van der Waals surface area contributed by atoms with E-state index in [1.807, 2.05) is 26.0 Å². The first-order chi connectivity index (χ1) is 10.9. The molecule has 128 valence electrons. The Labute approximate surface area is 138 Å². The number of hydrogen-bond donors (Lipinski definition) is 0. The van der Waals surface area contributed by atoms with Crippen LogP contribution >= 0.6 is 0 Å². The molecule has 2 heterocycles. The largest absolute Gasteiger partial charge is 0.347 e. The van der Waals surface area contributed by atoms with E-state index in [1.165, 1.54) is 0 Å². The molecule has 0 bridgehead atoms. The van der Waals surface area contributed by atoms with Crippen LogP contribution in [0.4, 0.5) is 0 Å². The van der Waals surface area contributed by atoms with Gasteiger partial charge < -0.3 is 9.47 Å². The zero-order valence-electron chi connectivity index (χ0n) is 13.8. The van der Waals surface area contributed by atoms with Crippen LogP contribution in [0.15, 0.2) is 29.2 Å². The van der Waals surface area contributed by atoms with E-state index in [-0.39, 0.29) is 11.8 Å². The number of rotatable bonds is 4. The molecule has 5 nitrogen and oxygen atoms in total. The molecule has 1 aromatic carbocycles. The number of piperidine rings is 1. The fourth-order valence-corrected chi connectivity index (χ4v) is 4.95. The van der Waals surface area contributed by atoms with E-state index in [1.54, 1.807) is 12.1 Å². The molecule has 0 aromatic heterocycles. The van der Waals surface area contributed by atoms with Gasteiger partial charge in [0, 0.05) is 32.0 Å². The van der Waals surface area contributed by atoms with Crippen LogP contribution in [-0.4, -0.2) is 57.2 Å². The molecule has 1 atom stereocenters. The minimum Gasteiger partial charge on any atom is -0.347 e. The van der Waals surface area contributed by atoms with Gasteiger partial charge in [-0.05, 0) is 26.0 Å². The lowest BCUT2D eigenvalue weighted by Gasteiger charge is -2.40. The summed E-state index contributed by atoms with van der Waals surface area (Å²) in [6.45, 7) is 6.89. The summed E-state index contributed by atoms with van der Waals surface area (Å²) in [7, 11) is -3.26. The number of ether oxygens (including phenoxy) is 2. The first-order valence-corrected chi connectivity index (χ1v) is 9.87. The maximum atomic E-state index is 12.6. The van der Waals surface area contributed by atoms with Crippen molar-refractivity contribution in [3.63, 3.8) is 0 Å². The van der Waals surface area contributed by atoms with Crippen molar-refractivity contribution in [1.82, 2.24) is 4.90 Å². The molecule has 2 fully saturated rings. The Kier molecular flexibility index (Phi) is 4.78. The zero-order valence-corrected chi connectivity index (χ0v) is 14.6. The smallest absolute Gasteiger partial charge is 0.179 e. The molecule has 0 N–H and O–H groups in total. The molecule has 2 aliphatic rings. The van der Waals surface area contributed by atoms with Crippen molar-refractivity contribution in [2.45, 2.75) is 43.4 Å². The molecule has 0 amide bonds. The van der Waals surface area contributed by atoms with Gasteiger partial charge in [0.05, 0.1) is 23.9 Å². The monoisotopic (exact) mass is 339 g/mol. The Morgan fingerprint density at radius 3 is 2.26 bits per heavy atom. The number of hydrogen-bond acceptors (Lipinski definition) is 5. The fourth-order valence-electron chi connectivity index (χ4n) is 3.36. The maximum Gasteiger partial charge on any atom is 0.179 e. The van der Waals surface area contributed by atoms with Crippen molar-refractivity contribution in [2.24, 2.45) is 0 Å². The third kappa shape index (κ3) is 3.76. The second kappa shape index (κ2) is 6.51. The van der Waals surface area contributed by atoms with E-state index in [4.69, 9.17) is 9.47 Å². The second-order valence-corrected chi connectivity index (χ2v) is 8.62. The van der Waals surface area contributed by atoms with Gasteiger partial charge in [0.25, 0.3) is 0 Å². The SMILES string of the molecule is Cc1ccc(S(=O)(=O)CC(C)N2CCC3(CC2)OCCO3)cc1. The lowest BCUT2D eigenvalue weighted by atomic mass is 10.0. The van der Waals surface area contributed by atoms with Gasteiger partial charge in [0.1, 0.15) is 0 Å². The highest BCUT2D eigenvalue weighted by atomic mass is 32.2. The van der Waals surface area contributed by atoms with Crippen molar-refractivity contribution in [1.29, 1.82) is 0 Å². The Morgan fingerprint density at radius 2 is 1.70 bits per heavy atom. The van der Waals surface area contributed by atoms with Crippen molar-refractivity contribution in [2.75, 3.05) is 32.1 Å². The van der Waals surface area contributed by atoms with Gasteiger partial charge in [-0.2, -0.15) is 0 Å². The fraction of sp³-hybridized carbons (Fsp3) is 0.647. The third-order valence-electron chi connectivity index (χ3n) is 4.84. The van der Waals surface area contributed by atoms with E-state index in [0.29, 0.717) is 18.1 Å². The van der Waals surface area contributed by atoms with Crippen LogP contribution < -0.4 is 0 Å². The van der Waals surface area contributed by atoms with Crippen LogP contribution in [0.25, 0.3) is 0 Å². The van der Waals surface area contributed by atoms with Gasteiger partial charge in [-0.25, -0.2) is 8.42 Å². The predicted molar refractivity (Wildman–Crippen MR) is 88.1 cm³/mol. The van der Waals surface area contributed by atoms with E-state index in [0.717, 1.165) is 31.5 Å². The Morgan fingerprint density at radius 1 is 1.13 bits per heavy atom. The van der Waals surface area contributed by atoms with E-state index < -0.39 is 15.6 Å². The van der Waals surface area contributed by atoms with Gasteiger partial charge in [-0.1, -0.05) is 17.7 Å². The number of aryl methyl sites for hydroxylation is 1. The first kappa shape index (κ1) is 16.9. The molecule has 2 saturated heterocycles. The van der Waals surface area contributed by atoms with Crippen molar-refractivity contribution >= 4 is 9.84 Å². The summed E-state index contributed by atoms with van der Waals surface area (Å²) in [4.78, 5) is 2.63. The average Bonchev–Trinajstić information content (AvgIpc) is 2.96. The van der Waals surface area contributed by atoms with Gasteiger partial charge in [0.15, 0.2) is 15.6 Å². The molecule has 6 heteroatoms. The highest BCUT2D eigenvalue weighted by molar-refractivity contribution is 7.91. The summed E-state index contributed by atoms with van der Waals surface area (Å²) < 4.78 is 36.6. The topological polar surface area (TPSA) is 55.8 Å². The Hall–Kier alpha value is -0.950. The minimum atomic E-state index is -3.26. The normalized spacial score (nSPS) is 23.2. The quantitative estimate of drug-likeness (QED) is 0.840. The summed E-state index contributed by atoms with van der Waals surface area (Å²) in [6, 6.07) is 7.07. The van der Waals surface area contributed by atoms with Gasteiger partial charge >= 0.3 is 0 Å². The van der Waals surface area contributed by atoms with Crippen LogP contribution in [0.2, 0.25) is 0 Å². The van der Waals surface area contributed by atoms with E-state index >= 15 is 0 Å². The molecule has 0 saturated carbocycles. The lowest BCUT2D eigenvalue weighted by Crippen LogP contribution is -2.49. The third-order valence-corrected chi connectivity index (χ3v) is 6.75. The molecule has 1 aromatic rings. The molecule has 1 spiro atoms. The zero-order chi connectivity index (χ0) is 16.5. The standard InChI is InChI=1S/C17H25NO4S/c1-14-3-5-16(6-4-14)23(19,20)13-15(2)18-9-7-17(8-10-18)21-11-12-22-17/h3-6,15H,7-13H2,1-2H3. The van der Waals surface area contributed by atoms with E-state index in [9.17, 15) is 8.42 Å². The highest BCUT2D eigenvalue weighted by Gasteiger charge is 2.40. The minimum absolute atomic E-state index is 0.0138. The van der Waals surface area contributed by atoms with Crippen LogP contribution in [0.1, 0.15) is 25.3 Å². The number of benzene rings is 1. The molecule has 1 unspecified atom stereocenters. The Bertz CT molecular complexity index is 625. The highest BCUT2D eigenvalue weighted by Crippen LogP contribution is 2.32. The molecule has 0 aliphatic carbocycles. The van der Waals surface area contributed by atoms with Crippen LogP contribution in [0.3, 0.4) is 0 Å². The Balaban J connectivity index is 1.60. The summed E-state index contributed by atoms with van der Waals surface area (Å²) in [5.74, 6) is -0.267. The predicted octanol–water partition coefficient (Wildman–Crippen LogP) is 2.00. The molecular weight excluding hydrogens is 314 g/mol. The number of nitrogens with zero attached hydrogens (tertiary/aromatic N) is 1. The summed E-state index contributed by atoms with van der Waals surface area (Å²) in [5, 5.41) is 0. The van der Waals surface area contributed by atoms with Crippen molar-refractivity contribution < 1.29 is 17.9 Å². The number of sulfone groups is 1. The molecule has 3 rings (SSSR count). The average molecular weight is 339 g/mol. The van der Waals surface area contributed by atoms with Gasteiger partial charge in [0.2, 0.25) is 0 Å². The van der Waals surface area contributed by atoms with Crippen LogP contribution in [-0.2, 0) is 19.3 Å². The number of likely N-dealkylation sites (tertiary alicyclic amines) is 1. The lowest BCUT2D eigenvalue weighted by molar-refractivity contribution is -0.187. The molecule has 2 aliphatic heterocycles. The van der Waals surface area contributed by atoms with Crippen molar-refractivity contribution in [3.8, 4) is 0 Å². The molecular formula is C17H25NO4S. The second-order valence-electron chi connectivity index (χ2n) is 6.59. The maximum absolute atomic E-state index is 12.6. The summed E-state index contributed by atoms with van der Waals surface area (Å²) >= 11 is 0. The van der Waals surface area contributed by atoms with Crippen LogP contribution in [0, 0.1) is 6.92 Å².